The molecule has 8 nitrogen and oxygen atoms in total. The van der Waals surface area contributed by atoms with Gasteiger partial charge >= 0.3 is 0 Å². The molecule has 0 saturated carbocycles. The zero-order valence-electron chi connectivity index (χ0n) is 21.7. The van der Waals surface area contributed by atoms with Crippen molar-refractivity contribution in [2.24, 2.45) is 0 Å². The van der Waals surface area contributed by atoms with Crippen LogP contribution in [0, 0.1) is 0 Å². The van der Waals surface area contributed by atoms with E-state index in [1.54, 1.807) is 13.1 Å². The molecule has 0 spiro atoms. The number of aromatic nitrogens is 3. The van der Waals surface area contributed by atoms with Crippen LogP contribution in [0.3, 0.4) is 0 Å². The molecule has 0 radical (unpaired) electrons. The summed E-state index contributed by atoms with van der Waals surface area (Å²) < 4.78 is 0. The van der Waals surface area contributed by atoms with E-state index >= 15 is 0 Å². The van der Waals surface area contributed by atoms with Gasteiger partial charge in [-0.05, 0) is 48.7 Å². The fourth-order valence-corrected chi connectivity index (χ4v) is 4.96. The molecule has 5 rings (SSSR count). The Kier molecular flexibility index (Phi) is 7.99. The predicted molar refractivity (Wildman–Crippen MR) is 147 cm³/mol. The Balaban J connectivity index is 1.45. The molecule has 2 aromatic heterocycles. The quantitative estimate of drug-likeness (QED) is 0.410. The molecule has 2 amide bonds. The monoisotopic (exact) mass is 508 g/mol. The molecule has 38 heavy (non-hydrogen) atoms. The molecular formula is C30H32N6O2. The summed E-state index contributed by atoms with van der Waals surface area (Å²) in [5.74, 6) is -0.176. The highest BCUT2D eigenvalue weighted by molar-refractivity contribution is 5.94. The second-order valence-corrected chi connectivity index (χ2v) is 9.57. The molecule has 3 heterocycles. The molecule has 0 aliphatic carbocycles. The molecule has 0 unspecified atom stereocenters. The Morgan fingerprint density at radius 1 is 0.816 bits per heavy atom. The lowest BCUT2D eigenvalue weighted by Gasteiger charge is -2.31. The highest BCUT2D eigenvalue weighted by Crippen LogP contribution is 2.24. The second-order valence-electron chi connectivity index (χ2n) is 9.57. The van der Waals surface area contributed by atoms with Crippen LogP contribution in [-0.2, 0) is 17.9 Å². The maximum absolute atomic E-state index is 13.8. The van der Waals surface area contributed by atoms with Gasteiger partial charge in [-0.15, -0.1) is 0 Å². The van der Waals surface area contributed by atoms with Crippen LogP contribution < -0.4 is 4.90 Å². The average Bonchev–Trinajstić information content (AvgIpc) is 2.94. The van der Waals surface area contributed by atoms with E-state index in [1.807, 2.05) is 82.7 Å². The summed E-state index contributed by atoms with van der Waals surface area (Å²) in [6.45, 7) is 5.50. The van der Waals surface area contributed by atoms with Crippen molar-refractivity contribution < 1.29 is 9.59 Å². The fourth-order valence-electron chi connectivity index (χ4n) is 4.96. The first-order valence-corrected chi connectivity index (χ1v) is 13.1. The van der Waals surface area contributed by atoms with Crippen LogP contribution in [0.5, 0.6) is 0 Å². The van der Waals surface area contributed by atoms with Gasteiger partial charge in [0.05, 0.1) is 22.9 Å². The maximum atomic E-state index is 13.8. The molecule has 0 atom stereocenters. The number of hydrogen-bond donors (Lipinski definition) is 0. The number of anilines is 1. The standard InChI is InChI=1S/C30H32N6O2/c1-23(37)36-19-9-17-34(22-25-11-6-7-15-31-25)16-8-18-35(21-24-10-2-5-14-29(24)36)30(38)28-20-32-26-12-3-4-13-27(26)33-28/h2-7,10-15,20H,8-9,16-19,21-22H2,1H3. The Bertz CT molecular complexity index is 1410. The number of carbonyl (C=O) groups is 2. The number of para-hydroxylation sites is 3. The summed E-state index contributed by atoms with van der Waals surface area (Å²) in [5, 5.41) is 0. The SMILES string of the molecule is CC(=O)N1CCCN(Cc2ccccn2)CCCN(C(=O)c2cnc3ccccc3n2)Cc2ccccc21. The van der Waals surface area contributed by atoms with Crippen molar-refractivity contribution in [2.45, 2.75) is 32.9 Å². The smallest absolute Gasteiger partial charge is 0.274 e. The third-order valence-electron chi connectivity index (χ3n) is 6.85. The van der Waals surface area contributed by atoms with Crippen molar-refractivity contribution in [3.05, 3.63) is 96.1 Å². The maximum Gasteiger partial charge on any atom is 0.274 e. The number of amides is 2. The normalized spacial score (nSPS) is 15.4. The van der Waals surface area contributed by atoms with Gasteiger partial charge < -0.3 is 9.80 Å². The van der Waals surface area contributed by atoms with Crippen LogP contribution in [0.15, 0.2) is 79.1 Å². The summed E-state index contributed by atoms with van der Waals surface area (Å²) in [5.41, 5.74) is 4.56. The lowest BCUT2D eigenvalue weighted by molar-refractivity contribution is -0.116. The fraction of sp³-hybridized carbons (Fsp3) is 0.300. The van der Waals surface area contributed by atoms with Crippen LogP contribution in [0.4, 0.5) is 5.69 Å². The Labute approximate surface area is 222 Å². The summed E-state index contributed by atoms with van der Waals surface area (Å²) in [7, 11) is 0. The van der Waals surface area contributed by atoms with Crippen LogP contribution in [-0.4, -0.2) is 62.7 Å². The van der Waals surface area contributed by atoms with Crippen LogP contribution in [0.2, 0.25) is 0 Å². The molecule has 2 aromatic carbocycles. The number of fused-ring (bicyclic) bond motifs is 2. The first-order chi connectivity index (χ1) is 18.6. The molecule has 0 bridgehead atoms. The largest absolute Gasteiger partial charge is 0.333 e. The Morgan fingerprint density at radius 2 is 1.55 bits per heavy atom. The van der Waals surface area contributed by atoms with Gasteiger partial charge in [0.1, 0.15) is 5.69 Å². The van der Waals surface area contributed by atoms with Crippen molar-refractivity contribution in [3.63, 3.8) is 0 Å². The lowest BCUT2D eigenvalue weighted by Crippen LogP contribution is -2.38. The van der Waals surface area contributed by atoms with Gasteiger partial charge in [0.25, 0.3) is 5.91 Å². The van der Waals surface area contributed by atoms with Crippen LogP contribution >= 0.6 is 0 Å². The zero-order valence-corrected chi connectivity index (χ0v) is 21.7. The summed E-state index contributed by atoms with van der Waals surface area (Å²) >= 11 is 0. The van der Waals surface area contributed by atoms with E-state index in [0.29, 0.717) is 30.8 Å². The van der Waals surface area contributed by atoms with E-state index in [1.165, 1.54) is 0 Å². The molecule has 0 saturated heterocycles. The van der Waals surface area contributed by atoms with E-state index in [9.17, 15) is 9.59 Å². The zero-order chi connectivity index (χ0) is 26.3. The minimum Gasteiger partial charge on any atom is -0.333 e. The van der Waals surface area contributed by atoms with Crippen molar-refractivity contribution in [1.82, 2.24) is 24.8 Å². The first kappa shape index (κ1) is 25.5. The third kappa shape index (κ3) is 6.03. The van der Waals surface area contributed by atoms with E-state index in [2.05, 4.69) is 19.9 Å². The van der Waals surface area contributed by atoms with Crippen molar-refractivity contribution >= 4 is 28.5 Å². The van der Waals surface area contributed by atoms with E-state index in [4.69, 9.17) is 0 Å². The second kappa shape index (κ2) is 11.9. The minimum atomic E-state index is -0.166. The Hall–Kier alpha value is -4.17. The van der Waals surface area contributed by atoms with E-state index in [-0.39, 0.29) is 11.8 Å². The number of carbonyl (C=O) groups excluding carboxylic acids is 2. The number of pyridine rings is 1. The minimum absolute atomic E-state index is 0.0101. The van der Waals surface area contributed by atoms with Crippen LogP contribution in [0.25, 0.3) is 11.0 Å². The summed E-state index contributed by atoms with van der Waals surface area (Å²) in [6, 6.07) is 21.4. The van der Waals surface area contributed by atoms with Gasteiger partial charge in [-0.3, -0.25) is 24.5 Å². The molecule has 0 fully saturated rings. The first-order valence-electron chi connectivity index (χ1n) is 13.1. The molecular weight excluding hydrogens is 476 g/mol. The molecule has 1 aliphatic heterocycles. The van der Waals surface area contributed by atoms with Gasteiger partial charge in [-0.1, -0.05) is 36.4 Å². The molecule has 8 heteroatoms. The van der Waals surface area contributed by atoms with Gasteiger partial charge in [0.2, 0.25) is 5.91 Å². The Morgan fingerprint density at radius 3 is 2.34 bits per heavy atom. The van der Waals surface area contributed by atoms with Crippen molar-refractivity contribution in [3.8, 4) is 0 Å². The molecule has 1 aliphatic rings. The number of benzene rings is 2. The van der Waals surface area contributed by atoms with Gasteiger partial charge in [-0.2, -0.15) is 0 Å². The average molecular weight is 509 g/mol. The third-order valence-corrected chi connectivity index (χ3v) is 6.85. The number of hydrogen-bond acceptors (Lipinski definition) is 6. The summed E-state index contributed by atoms with van der Waals surface area (Å²) in [6.07, 6.45) is 5.02. The highest BCUT2D eigenvalue weighted by Gasteiger charge is 2.23. The van der Waals surface area contributed by atoms with Gasteiger partial charge in [0, 0.05) is 58.1 Å². The van der Waals surface area contributed by atoms with Crippen molar-refractivity contribution in [1.29, 1.82) is 0 Å². The number of rotatable bonds is 3. The topological polar surface area (TPSA) is 82.5 Å². The highest BCUT2D eigenvalue weighted by atomic mass is 16.2. The summed E-state index contributed by atoms with van der Waals surface area (Å²) in [4.78, 5) is 46.1. The molecule has 0 N–H and O–H groups in total. The van der Waals surface area contributed by atoms with Gasteiger partial charge in [0.15, 0.2) is 0 Å². The van der Waals surface area contributed by atoms with Crippen LogP contribution in [0.1, 0.15) is 41.5 Å². The van der Waals surface area contributed by atoms with E-state index < -0.39 is 0 Å². The number of nitrogens with zero attached hydrogens (tertiary/aromatic N) is 6. The molecule has 4 aromatic rings. The lowest BCUT2D eigenvalue weighted by atomic mass is 10.1. The predicted octanol–water partition coefficient (Wildman–Crippen LogP) is 4.32. The van der Waals surface area contributed by atoms with Gasteiger partial charge in [-0.25, -0.2) is 4.98 Å². The molecule has 194 valence electrons. The van der Waals surface area contributed by atoms with Crippen molar-refractivity contribution in [2.75, 3.05) is 31.1 Å². The van der Waals surface area contributed by atoms with E-state index in [0.717, 1.165) is 54.9 Å².